The van der Waals surface area contributed by atoms with Gasteiger partial charge < -0.3 is 9.64 Å². The minimum Gasteiger partial charge on any atom is -0.378 e. The SMILES string of the molecule is O=S(=O)(Nc1cccc(-c2nc(N3CCOCC3)sc2-c2ccncn2)c1Cl)c1c(F)cccc1F. The molecular weight excluding hydrogens is 532 g/mol. The number of nitrogens with one attached hydrogen (secondary N) is 1. The monoisotopic (exact) mass is 549 g/mol. The third kappa shape index (κ3) is 4.76. The number of benzene rings is 2. The fraction of sp³-hybridized carbons (Fsp3) is 0.174. The average Bonchev–Trinajstić information content (AvgIpc) is 3.31. The first-order valence-electron chi connectivity index (χ1n) is 10.7. The van der Waals surface area contributed by atoms with Crippen molar-refractivity contribution in [2.45, 2.75) is 4.90 Å². The maximum atomic E-state index is 14.2. The summed E-state index contributed by atoms with van der Waals surface area (Å²) in [6.07, 6.45) is 3.03. The quantitative estimate of drug-likeness (QED) is 0.368. The number of rotatable bonds is 6. The van der Waals surface area contributed by atoms with Crippen molar-refractivity contribution in [2.24, 2.45) is 0 Å². The van der Waals surface area contributed by atoms with Crippen molar-refractivity contribution in [2.75, 3.05) is 35.9 Å². The molecule has 0 bridgehead atoms. The molecule has 8 nitrogen and oxygen atoms in total. The van der Waals surface area contributed by atoms with Gasteiger partial charge in [0.2, 0.25) is 0 Å². The van der Waals surface area contributed by atoms with Gasteiger partial charge in [-0.05, 0) is 24.3 Å². The molecule has 0 unspecified atom stereocenters. The Bertz CT molecular complexity index is 1490. The second-order valence-corrected chi connectivity index (χ2v) is 10.7. The molecule has 1 aliphatic rings. The molecule has 0 atom stereocenters. The van der Waals surface area contributed by atoms with Crippen molar-refractivity contribution in [3.63, 3.8) is 0 Å². The zero-order valence-electron chi connectivity index (χ0n) is 18.5. The van der Waals surface area contributed by atoms with Crippen LogP contribution in [-0.2, 0) is 14.8 Å². The zero-order valence-corrected chi connectivity index (χ0v) is 20.9. The number of hydrogen-bond acceptors (Lipinski definition) is 8. The third-order valence-electron chi connectivity index (χ3n) is 5.40. The minimum atomic E-state index is -4.62. The molecule has 186 valence electrons. The molecule has 0 spiro atoms. The highest BCUT2D eigenvalue weighted by Gasteiger charge is 2.27. The Morgan fingerprint density at radius 2 is 1.78 bits per heavy atom. The Morgan fingerprint density at radius 3 is 2.47 bits per heavy atom. The van der Waals surface area contributed by atoms with E-state index in [0.717, 1.165) is 23.3 Å². The summed E-state index contributed by atoms with van der Waals surface area (Å²) in [5, 5.41) is 0.754. The lowest BCUT2D eigenvalue weighted by molar-refractivity contribution is 0.122. The summed E-state index contributed by atoms with van der Waals surface area (Å²) in [4.78, 5) is 14.8. The van der Waals surface area contributed by atoms with Crippen molar-refractivity contribution >= 4 is 43.8 Å². The second-order valence-electron chi connectivity index (χ2n) is 7.69. The van der Waals surface area contributed by atoms with Crippen molar-refractivity contribution in [3.8, 4) is 21.8 Å². The number of ether oxygens (including phenoxy) is 1. The van der Waals surface area contributed by atoms with Gasteiger partial charge in [0.15, 0.2) is 10.0 Å². The highest BCUT2D eigenvalue weighted by Crippen LogP contribution is 2.44. The van der Waals surface area contributed by atoms with Crippen molar-refractivity contribution in [1.82, 2.24) is 15.0 Å². The maximum Gasteiger partial charge on any atom is 0.267 e. The van der Waals surface area contributed by atoms with Gasteiger partial charge >= 0.3 is 0 Å². The van der Waals surface area contributed by atoms with Gasteiger partial charge in [0.05, 0.1) is 40.2 Å². The number of thiazole rings is 1. The van der Waals surface area contributed by atoms with Crippen LogP contribution in [0, 0.1) is 11.6 Å². The Labute approximate surface area is 214 Å². The van der Waals surface area contributed by atoms with E-state index in [0.29, 0.717) is 48.1 Å². The molecule has 1 N–H and O–H groups in total. The van der Waals surface area contributed by atoms with E-state index in [-0.39, 0.29) is 10.7 Å². The van der Waals surface area contributed by atoms with E-state index in [1.165, 1.54) is 23.7 Å². The van der Waals surface area contributed by atoms with Crippen molar-refractivity contribution < 1.29 is 21.9 Å². The fourth-order valence-electron chi connectivity index (χ4n) is 3.71. The lowest BCUT2D eigenvalue weighted by atomic mass is 10.1. The molecule has 13 heteroatoms. The molecule has 1 fully saturated rings. The number of anilines is 2. The first kappa shape index (κ1) is 24.5. The van der Waals surface area contributed by atoms with Gasteiger partial charge in [-0.1, -0.05) is 41.1 Å². The van der Waals surface area contributed by atoms with Gasteiger partial charge in [-0.3, -0.25) is 4.72 Å². The van der Waals surface area contributed by atoms with Crippen LogP contribution >= 0.6 is 22.9 Å². The summed E-state index contributed by atoms with van der Waals surface area (Å²) in [5.74, 6) is -2.43. The highest BCUT2D eigenvalue weighted by atomic mass is 35.5. The van der Waals surface area contributed by atoms with Crippen LogP contribution in [0.15, 0.2) is 59.9 Å². The van der Waals surface area contributed by atoms with Gasteiger partial charge in [-0.25, -0.2) is 32.2 Å². The van der Waals surface area contributed by atoms with Gasteiger partial charge in [0, 0.05) is 24.8 Å². The van der Waals surface area contributed by atoms with E-state index < -0.39 is 26.6 Å². The summed E-state index contributed by atoms with van der Waals surface area (Å²) in [5.41, 5.74) is 1.48. The number of aromatic nitrogens is 3. The van der Waals surface area contributed by atoms with E-state index in [9.17, 15) is 17.2 Å². The largest absolute Gasteiger partial charge is 0.378 e. The van der Waals surface area contributed by atoms with Gasteiger partial charge in [-0.15, -0.1) is 0 Å². The Morgan fingerprint density at radius 1 is 1.06 bits per heavy atom. The molecule has 0 aliphatic carbocycles. The predicted octanol–water partition coefficient (Wildman–Crippen LogP) is 4.84. The predicted molar refractivity (Wildman–Crippen MR) is 134 cm³/mol. The van der Waals surface area contributed by atoms with Crippen LogP contribution in [0.5, 0.6) is 0 Å². The average molecular weight is 550 g/mol. The first-order valence-corrected chi connectivity index (χ1v) is 13.4. The van der Waals surface area contributed by atoms with Gasteiger partial charge in [0.1, 0.15) is 18.0 Å². The van der Waals surface area contributed by atoms with Crippen LogP contribution < -0.4 is 9.62 Å². The number of halogens is 3. The number of morpholine rings is 1. The Balaban J connectivity index is 1.59. The number of nitrogens with zero attached hydrogens (tertiary/aromatic N) is 4. The first-order chi connectivity index (χ1) is 17.3. The molecule has 1 aliphatic heterocycles. The Hall–Kier alpha value is -3.19. The van der Waals surface area contributed by atoms with E-state index in [1.807, 2.05) is 0 Å². The summed E-state index contributed by atoms with van der Waals surface area (Å²) in [7, 11) is -4.62. The highest BCUT2D eigenvalue weighted by molar-refractivity contribution is 7.92. The number of sulfonamides is 1. The third-order valence-corrected chi connectivity index (χ3v) is 8.36. The molecular formula is C23H18ClF2N5O3S2. The molecule has 1 saturated heterocycles. The fourth-order valence-corrected chi connectivity index (χ4v) is 6.35. The van der Waals surface area contributed by atoms with E-state index in [1.54, 1.807) is 24.4 Å². The molecule has 2 aromatic heterocycles. The van der Waals surface area contributed by atoms with Crippen LogP contribution in [0.1, 0.15) is 0 Å². The van der Waals surface area contributed by atoms with Crippen LogP contribution in [0.4, 0.5) is 19.6 Å². The summed E-state index contributed by atoms with van der Waals surface area (Å²) >= 11 is 8.07. The smallest absolute Gasteiger partial charge is 0.267 e. The van der Waals surface area contributed by atoms with Gasteiger partial charge in [0.25, 0.3) is 10.0 Å². The molecule has 3 heterocycles. The summed E-state index contributed by atoms with van der Waals surface area (Å²) in [6.45, 7) is 2.47. The Kier molecular flexibility index (Phi) is 6.84. The second kappa shape index (κ2) is 10.1. The lowest BCUT2D eigenvalue weighted by Crippen LogP contribution is -2.36. The molecule has 2 aromatic carbocycles. The van der Waals surface area contributed by atoms with E-state index in [4.69, 9.17) is 21.3 Å². The van der Waals surface area contributed by atoms with Crippen molar-refractivity contribution in [3.05, 3.63) is 71.6 Å². The molecule has 5 rings (SSSR count). The molecule has 4 aromatic rings. The van der Waals surface area contributed by atoms with Crippen molar-refractivity contribution in [1.29, 1.82) is 0 Å². The van der Waals surface area contributed by atoms with Gasteiger partial charge in [-0.2, -0.15) is 0 Å². The molecule has 0 saturated carbocycles. The number of hydrogen-bond donors (Lipinski definition) is 1. The van der Waals surface area contributed by atoms with Crippen LogP contribution in [-0.4, -0.2) is 49.7 Å². The maximum absolute atomic E-state index is 14.2. The summed E-state index contributed by atoms with van der Waals surface area (Å²) < 4.78 is 61.7. The van der Waals surface area contributed by atoms with Crippen LogP contribution in [0.2, 0.25) is 5.02 Å². The normalized spacial score (nSPS) is 14.1. The standard InChI is InChI=1S/C23H18ClF2N5O3S2/c24-19-14(3-1-6-17(19)30-36(32,33)22-15(25)4-2-5-16(22)26)20-21(18-7-8-27-13-28-18)35-23(29-20)31-9-11-34-12-10-31/h1-8,13,30H,9-12H2. The zero-order chi connectivity index (χ0) is 25.3. The molecule has 36 heavy (non-hydrogen) atoms. The van der Waals surface area contributed by atoms with Crippen LogP contribution in [0.3, 0.4) is 0 Å². The lowest BCUT2D eigenvalue weighted by Gasteiger charge is -2.26. The summed E-state index contributed by atoms with van der Waals surface area (Å²) in [6, 6.07) is 9.22. The minimum absolute atomic E-state index is 0.0203. The molecule has 0 amide bonds. The topological polar surface area (TPSA) is 97.3 Å². The van der Waals surface area contributed by atoms with E-state index >= 15 is 0 Å². The van der Waals surface area contributed by atoms with Crippen LogP contribution in [0.25, 0.3) is 21.8 Å². The van der Waals surface area contributed by atoms with E-state index in [2.05, 4.69) is 19.6 Å². The molecule has 0 radical (unpaired) electrons.